The fourth-order valence-corrected chi connectivity index (χ4v) is 3.36. The number of benzene rings is 1. The molecule has 0 radical (unpaired) electrons. The first-order valence-corrected chi connectivity index (χ1v) is 8.48. The van der Waals surface area contributed by atoms with Crippen molar-refractivity contribution >= 4 is 38.9 Å². The van der Waals surface area contributed by atoms with E-state index >= 15 is 0 Å². The van der Waals surface area contributed by atoms with Gasteiger partial charge in [0.1, 0.15) is 5.75 Å². The summed E-state index contributed by atoms with van der Waals surface area (Å²) in [7, 11) is -2.05. The first-order chi connectivity index (χ1) is 9.77. The molecule has 1 amide bonds. The van der Waals surface area contributed by atoms with Crippen molar-refractivity contribution in [2.24, 2.45) is 5.92 Å². The van der Waals surface area contributed by atoms with Crippen LogP contribution in [0.2, 0.25) is 0 Å². The number of carbonyl (C=O) groups is 1. The Morgan fingerprint density at radius 3 is 2.62 bits per heavy atom. The van der Waals surface area contributed by atoms with Crippen molar-refractivity contribution in [3.05, 3.63) is 18.2 Å². The predicted octanol–water partition coefficient (Wildman–Crippen LogP) is 2.27. The summed E-state index contributed by atoms with van der Waals surface area (Å²) < 4.78 is 31.5. The molecule has 0 aliphatic heterocycles. The van der Waals surface area contributed by atoms with Gasteiger partial charge in [-0.25, -0.2) is 8.42 Å². The number of rotatable bonds is 7. The minimum Gasteiger partial charge on any atom is -0.494 e. The van der Waals surface area contributed by atoms with Crippen molar-refractivity contribution in [1.82, 2.24) is 0 Å². The summed E-state index contributed by atoms with van der Waals surface area (Å²) in [5, 5.41) is 2.60. The zero-order valence-electron chi connectivity index (χ0n) is 12.1. The minimum absolute atomic E-state index is 0.0632. The Balaban J connectivity index is 2.92. The van der Waals surface area contributed by atoms with Gasteiger partial charge in [0, 0.05) is 18.9 Å². The van der Waals surface area contributed by atoms with Crippen LogP contribution in [-0.4, -0.2) is 33.1 Å². The fraction of sp³-hybridized carbons (Fsp3) is 0.462. The molecule has 0 aromatic heterocycles. The molecule has 2 N–H and O–H groups in total. The summed E-state index contributed by atoms with van der Waals surface area (Å²) in [5.41, 5.74) is 0.838. The zero-order valence-corrected chi connectivity index (χ0v) is 13.7. The molecule has 1 aromatic rings. The average Bonchev–Trinajstić information content (AvgIpc) is 2.38. The highest BCUT2D eigenvalue weighted by molar-refractivity contribution is 7.92. The largest absolute Gasteiger partial charge is 0.494 e. The average molecular weight is 335 g/mol. The smallest absolute Gasteiger partial charge is 0.233 e. The van der Waals surface area contributed by atoms with Crippen LogP contribution in [0.3, 0.4) is 0 Å². The third-order valence-corrected chi connectivity index (χ3v) is 4.63. The Bertz CT molecular complexity index is 604. The topological polar surface area (TPSA) is 84.5 Å². The summed E-state index contributed by atoms with van der Waals surface area (Å²) in [6.07, 6.45) is 0. The second kappa shape index (κ2) is 7.51. The van der Waals surface area contributed by atoms with E-state index in [-0.39, 0.29) is 23.5 Å². The van der Waals surface area contributed by atoms with Gasteiger partial charge >= 0.3 is 0 Å². The molecule has 1 atom stereocenters. The number of methoxy groups -OCH3 is 1. The lowest BCUT2D eigenvalue weighted by Crippen LogP contribution is -2.22. The Hall–Kier alpha value is -1.47. The Morgan fingerprint density at radius 2 is 2.10 bits per heavy atom. The van der Waals surface area contributed by atoms with E-state index in [1.54, 1.807) is 19.1 Å². The summed E-state index contributed by atoms with van der Waals surface area (Å²) in [4.78, 5) is 11.1. The van der Waals surface area contributed by atoms with E-state index in [4.69, 9.17) is 16.3 Å². The lowest BCUT2D eigenvalue weighted by Gasteiger charge is -2.14. The summed E-state index contributed by atoms with van der Waals surface area (Å²) in [6.45, 7) is 3.14. The number of halogens is 1. The molecular weight excluding hydrogens is 316 g/mol. The Labute approximate surface area is 129 Å². The Kier molecular flexibility index (Phi) is 6.29. The molecule has 21 heavy (non-hydrogen) atoms. The van der Waals surface area contributed by atoms with Crippen molar-refractivity contribution < 1.29 is 17.9 Å². The maximum atomic E-state index is 12.0. The molecule has 1 aromatic carbocycles. The number of nitrogens with one attached hydrogen (secondary N) is 2. The number of anilines is 2. The molecule has 0 fully saturated rings. The first kappa shape index (κ1) is 17.6. The van der Waals surface area contributed by atoms with E-state index in [0.29, 0.717) is 17.1 Å². The maximum absolute atomic E-state index is 12.0. The Morgan fingerprint density at radius 1 is 1.43 bits per heavy atom. The van der Waals surface area contributed by atoms with Crippen LogP contribution in [0.5, 0.6) is 5.75 Å². The number of carbonyl (C=O) groups excluding carboxylic acids is 1. The fourth-order valence-electron chi connectivity index (χ4n) is 1.69. The number of amides is 1. The summed E-state index contributed by atoms with van der Waals surface area (Å²) >= 11 is 5.63. The van der Waals surface area contributed by atoms with Crippen molar-refractivity contribution in [3.63, 3.8) is 0 Å². The van der Waals surface area contributed by atoms with Crippen molar-refractivity contribution in [1.29, 1.82) is 0 Å². The van der Waals surface area contributed by atoms with Gasteiger partial charge in [-0.3, -0.25) is 9.52 Å². The van der Waals surface area contributed by atoms with Gasteiger partial charge in [-0.1, -0.05) is 6.92 Å². The lowest BCUT2D eigenvalue weighted by atomic mass is 10.2. The molecular formula is C13H19ClN2O4S. The van der Waals surface area contributed by atoms with Gasteiger partial charge in [-0.05, 0) is 18.1 Å². The van der Waals surface area contributed by atoms with Gasteiger partial charge in [0.15, 0.2) is 0 Å². The van der Waals surface area contributed by atoms with E-state index in [2.05, 4.69) is 10.0 Å². The highest BCUT2D eigenvalue weighted by Gasteiger charge is 2.16. The molecule has 0 aliphatic carbocycles. The molecule has 8 heteroatoms. The van der Waals surface area contributed by atoms with Crippen LogP contribution in [0.15, 0.2) is 18.2 Å². The van der Waals surface area contributed by atoms with Gasteiger partial charge in [0.2, 0.25) is 15.9 Å². The molecule has 0 saturated carbocycles. The second-order valence-corrected chi connectivity index (χ2v) is 6.81. The number of hydrogen-bond acceptors (Lipinski definition) is 4. The normalized spacial score (nSPS) is 12.6. The molecule has 1 rings (SSSR count). The molecule has 0 aliphatic rings. The molecule has 0 heterocycles. The molecule has 0 bridgehead atoms. The molecule has 1 unspecified atom stereocenters. The maximum Gasteiger partial charge on any atom is 0.233 e. The van der Waals surface area contributed by atoms with Crippen LogP contribution in [0, 0.1) is 5.92 Å². The lowest BCUT2D eigenvalue weighted by molar-refractivity contribution is -0.114. The second-order valence-electron chi connectivity index (χ2n) is 4.74. The van der Waals surface area contributed by atoms with Crippen LogP contribution >= 0.6 is 11.6 Å². The molecule has 0 spiro atoms. The zero-order chi connectivity index (χ0) is 16.0. The van der Waals surface area contributed by atoms with Crippen molar-refractivity contribution in [3.8, 4) is 5.75 Å². The molecule has 6 nitrogen and oxygen atoms in total. The third kappa shape index (κ3) is 5.81. The number of sulfonamides is 1. The minimum atomic E-state index is -3.48. The van der Waals surface area contributed by atoms with Gasteiger partial charge in [0.25, 0.3) is 0 Å². The standard InChI is InChI=1S/C13H19ClN2O4S/c1-9(7-14)8-21(18,19)16-11-4-5-12(15-10(2)17)13(6-11)20-3/h4-6,9,16H,7-8H2,1-3H3,(H,15,17). The highest BCUT2D eigenvalue weighted by atomic mass is 35.5. The van der Waals surface area contributed by atoms with Crippen LogP contribution in [0.1, 0.15) is 13.8 Å². The van der Waals surface area contributed by atoms with E-state index in [1.165, 1.54) is 20.1 Å². The number of ether oxygens (including phenoxy) is 1. The van der Waals surface area contributed by atoms with Gasteiger partial charge in [0.05, 0.1) is 24.2 Å². The van der Waals surface area contributed by atoms with Gasteiger partial charge in [-0.2, -0.15) is 0 Å². The third-order valence-electron chi connectivity index (χ3n) is 2.55. The van der Waals surface area contributed by atoms with Crippen LogP contribution in [0.25, 0.3) is 0 Å². The first-order valence-electron chi connectivity index (χ1n) is 6.29. The van der Waals surface area contributed by atoms with E-state index in [9.17, 15) is 13.2 Å². The van der Waals surface area contributed by atoms with Crippen LogP contribution in [-0.2, 0) is 14.8 Å². The van der Waals surface area contributed by atoms with E-state index < -0.39 is 10.0 Å². The monoisotopic (exact) mass is 334 g/mol. The molecule has 118 valence electrons. The summed E-state index contributed by atoms with van der Waals surface area (Å²) in [6, 6.07) is 4.63. The summed E-state index contributed by atoms with van der Waals surface area (Å²) in [5.74, 6) is 0.191. The van der Waals surface area contributed by atoms with Crippen molar-refractivity contribution in [2.45, 2.75) is 13.8 Å². The van der Waals surface area contributed by atoms with E-state index in [0.717, 1.165) is 0 Å². The number of hydrogen-bond donors (Lipinski definition) is 2. The van der Waals surface area contributed by atoms with Crippen molar-refractivity contribution in [2.75, 3.05) is 28.8 Å². The predicted molar refractivity (Wildman–Crippen MR) is 84.6 cm³/mol. The van der Waals surface area contributed by atoms with Gasteiger partial charge < -0.3 is 10.1 Å². The van der Waals surface area contributed by atoms with Crippen LogP contribution < -0.4 is 14.8 Å². The molecule has 0 saturated heterocycles. The number of alkyl halides is 1. The van der Waals surface area contributed by atoms with Gasteiger partial charge in [-0.15, -0.1) is 11.6 Å². The quantitative estimate of drug-likeness (QED) is 0.749. The SMILES string of the molecule is COc1cc(NS(=O)(=O)CC(C)CCl)ccc1NC(C)=O. The van der Waals surface area contributed by atoms with E-state index in [1.807, 2.05) is 0 Å². The van der Waals surface area contributed by atoms with Crippen LogP contribution in [0.4, 0.5) is 11.4 Å². The highest BCUT2D eigenvalue weighted by Crippen LogP contribution is 2.28.